The summed E-state index contributed by atoms with van der Waals surface area (Å²) in [5.74, 6) is 0. The lowest BCUT2D eigenvalue weighted by Crippen LogP contribution is -1.85. The Balaban J connectivity index is 1.85. The van der Waals surface area contributed by atoms with Crippen molar-refractivity contribution in [3.05, 3.63) is 73.8 Å². The maximum Gasteiger partial charge on any atom is 0.115 e. The molecule has 4 heteroatoms. The Kier molecular flexibility index (Phi) is 3.05. The third-order valence-corrected chi connectivity index (χ3v) is 3.63. The Morgan fingerprint density at radius 3 is 1.36 bits per heavy atom. The predicted octanol–water partition coefficient (Wildman–Crippen LogP) is 3.75. The van der Waals surface area contributed by atoms with Crippen molar-refractivity contribution in [3.8, 4) is 22.3 Å². The largest absolute Gasteiger partial charge is 0.244 e. The van der Waals surface area contributed by atoms with Crippen molar-refractivity contribution in [2.45, 2.75) is 0 Å². The molecule has 104 valence electrons. The van der Waals surface area contributed by atoms with E-state index in [0.29, 0.717) is 0 Å². The van der Waals surface area contributed by atoms with Gasteiger partial charge in [0.25, 0.3) is 0 Å². The minimum absolute atomic E-state index is 1.01. The highest BCUT2D eigenvalue weighted by Crippen LogP contribution is 2.27. The number of nitrogens with zero attached hydrogens (tertiary/aromatic N) is 4. The summed E-state index contributed by atoms with van der Waals surface area (Å²) >= 11 is 0. The van der Waals surface area contributed by atoms with Crippen LogP contribution in [0.25, 0.3) is 33.0 Å². The number of hydrogen-bond acceptors (Lipinski definition) is 4. The van der Waals surface area contributed by atoms with E-state index in [1.165, 1.54) is 23.4 Å². The van der Waals surface area contributed by atoms with Crippen LogP contribution in [0, 0.1) is 0 Å². The van der Waals surface area contributed by atoms with Crippen molar-refractivity contribution in [2.24, 2.45) is 0 Å². The van der Waals surface area contributed by atoms with E-state index in [-0.39, 0.29) is 0 Å². The SMILES string of the molecule is c1ncc(-c2ccc3ccc(-c4cncnc4)cc3c2)cn1. The Bertz CT molecular complexity index is 847. The van der Waals surface area contributed by atoms with Gasteiger partial charge in [-0.3, -0.25) is 0 Å². The van der Waals surface area contributed by atoms with Crippen molar-refractivity contribution >= 4 is 10.8 Å². The first-order chi connectivity index (χ1) is 10.9. The maximum absolute atomic E-state index is 4.08. The molecule has 22 heavy (non-hydrogen) atoms. The van der Waals surface area contributed by atoms with Crippen molar-refractivity contribution in [3.63, 3.8) is 0 Å². The van der Waals surface area contributed by atoms with Crippen molar-refractivity contribution in [2.75, 3.05) is 0 Å². The van der Waals surface area contributed by atoms with Crippen LogP contribution in [0.4, 0.5) is 0 Å². The number of aromatic nitrogens is 4. The smallest absolute Gasteiger partial charge is 0.115 e. The first-order valence-corrected chi connectivity index (χ1v) is 6.95. The third kappa shape index (κ3) is 2.31. The molecule has 0 bridgehead atoms. The van der Waals surface area contributed by atoms with Crippen LogP contribution in [0.15, 0.2) is 73.8 Å². The Hall–Kier alpha value is -3.14. The molecule has 0 fully saturated rings. The average molecular weight is 284 g/mol. The van der Waals surface area contributed by atoms with Gasteiger partial charge in [0.1, 0.15) is 12.7 Å². The highest BCUT2D eigenvalue weighted by molar-refractivity contribution is 5.90. The van der Waals surface area contributed by atoms with Gasteiger partial charge in [-0.05, 0) is 34.0 Å². The molecular formula is C18H12N4. The molecule has 2 heterocycles. The first kappa shape index (κ1) is 12.6. The molecule has 0 amide bonds. The van der Waals surface area contributed by atoms with Crippen LogP contribution in [-0.2, 0) is 0 Å². The van der Waals surface area contributed by atoms with Crippen LogP contribution in [0.3, 0.4) is 0 Å². The average Bonchev–Trinajstić information content (AvgIpc) is 2.62. The van der Waals surface area contributed by atoms with Crippen molar-refractivity contribution in [1.82, 2.24) is 19.9 Å². The van der Waals surface area contributed by atoms with E-state index in [2.05, 4.69) is 56.3 Å². The topological polar surface area (TPSA) is 51.6 Å². The summed E-state index contributed by atoms with van der Waals surface area (Å²) in [5, 5.41) is 2.36. The van der Waals surface area contributed by atoms with Gasteiger partial charge in [-0.15, -0.1) is 0 Å². The van der Waals surface area contributed by atoms with E-state index >= 15 is 0 Å². The fourth-order valence-electron chi connectivity index (χ4n) is 2.50. The Morgan fingerprint density at radius 1 is 0.455 bits per heavy atom. The molecule has 4 nitrogen and oxygen atoms in total. The van der Waals surface area contributed by atoms with E-state index < -0.39 is 0 Å². The van der Waals surface area contributed by atoms with Gasteiger partial charge in [0.15, 0.2) is 0 Å². The molecular weight excluding hydrogens is 272 g/mol. The first-order valence-electron chi connectivity index (χ1n) is 6.95. The minimum Gasteiger partial charge on any atom is -0.244 e. The number of hydrogen-bond donors (Lipinski definition) is 0. The molecule has 0 saturated carbocycles. The fourth-order valence-corrected chi connectivity index (χ4v) is 2.50. The zero-order valence-electron chi connectivity index (χ0n) is 11.7. The molecule has 0 saturated heterocycles. The molecule has 0 aliphatic rings. The van der Waals surface area contributed by atoms with Gasteiger partial charge in [0.05, 0.1) is 0 Å². The van der Waals surface area contributed by atoms with Gasteiger partial charge in [-0.1, -0.05) is 24.3 Å². The van der Waals surface area contributed by atoms with Crippen LogP contribution in [-0.4, -0.2) is 19.9 Å². The second kappa shape index (κ2) is 5.33. The molecule has 4 aromatic rings. The lowest BCUT2D eigenvalue weighted by atomic mass is 10.00. The predicted molar refractivity (Wildman–Crippen MR) is 86.0 cm³/mol. The standard InChI is InChI=1S/C18H12N4/c1-3-14(17-7-19-11-20-8-17)5-16-6-15(4-2-13(1)16)18-9-21-12-22-10-18/h1-12H. The van der Waals surface area contributed by atoms with E-state index in [4.69, 9.17) is 0 Å². The lowest BCUT2D eigenvalue weighted by molar-refractivity contribution is 1.17. The second-order valence-electron chi connectivity index (χ2n) is 5.03. The molecule has 0 N–H and O–H groups in total. The number of rotatable bonds is 2. The van der Waals surface area contributed by atoms with Gasteiger partial charge >= 0.3 is 0 Å². The summed E-state index contributed by atoms with van der Waals surface area (Å²) in [6.07, 6.45) is 10.4. The number of fused-ring (bicyclic) bond motifs is 1. The van der Waals surface area contributed by atoms with E-state index in [9.17, 15) is 0 Å². The van der Waals surface area contributed by atoms with Crippen molar-refractivity contribution < 1.29 is 0 Å². The maximum atomic E-state index is 4.08. The highest BCUT2D eigenvalue weighted by Gasteiger charge is 2.03. The quantitative estimate of drug-likeness (QED) is 0.562. The molecule has 0 aliphatic carbocycles. The fraction of sp³-hybridized carbons (Fsp3) is 0. The zero-order chi connectivity index (χ0) is 14.8. The summed E-state index contributed by atoms with van der Waals surface area (Å²) in [4.78, 5) is 16.3. The summed E-state index contributed by atoms with van der Waals surface area (Å²) in [6, 6.07) is 12.7. The molecule has 0 unspecified atom stereocenters. The normalized spacial score (nSPS) is 10.7. The summed E-state index contributed by atoms with van der Waals surface area (Å²) in [5.41, 5.74) is 4.24. The molecule has 0 spiro atoms. The van der Waals surface area contributed by atoms with Gasteiger partial charge in [0.2, 0.25) is 0 Å². The monoisotopic (exact) mass is 284 g/mol. The minimum atomic E-state index is 1.01. The van der Waals surface area contributed by atoms with Gasteiger partial charge in [0, 0.05) is 35.9 Å². The van der Waals surface area contributed by atoms with Crippen molar-refractivity contribution in [1.29, 1.82) is 0 Å². The lowest BCUT2D eigenvalue weighted by Gasteiger charge is -2.06. The molecule has 0 atom stereocenters. The van der Waals surface area contributed by atoms with Crippen LogP contribution in [0.1, 0.15) is 0 Å². The zero-order valence-corrected chi connectivity index (χ0v) is 11.7. The van der Waals surface area contributed by atoms with E-state index in [0.717, 1.165) is 22.3 Å². The third-order valence-electron chi connectivity index (χ3n) is 3.63. The Labute approximate surface area is 127 Å². The molecule has 0 radical (unpaired) electrons. The summed E-state index contributed by atoms with van der Waals surface area (Å²) < 4.78 is 0. The van der Waals surface area contributed by atoms with Crippen LogP contribution < -0.4 is 0 Å². The van der Waals surface area contributed by atoms with Gasteiger partial charge in [-0.25, -0.2) is 19.9 Å². The van der Waals surface area contributed by atoms with Crippen LogP contribution in [0.2, 0.25) is 0 Å². The van der Waals surface area contributed by atoms with Crippen LogP contribution in [0.5, 0.6) is 0 Å². The second-order valence-corrected chi connectivity index (χ2v) is 5.03. The highest BCUT2D eigenvalue weighted by atomic mass is 14.8. The summed E-state index contributed by atoms with van der Waals surface area (Å²) in [7, 11) is 0. The molecule has 4 rings (SSSR count). The van der Waals surface area contributed by atoms with E-state index in [1.807, 2.05) is 24.8 Å². The Morgan fingerprint density at radius 2 is 0.909 bits per heavy atom. The molecule has 2 aromatic carbocycles. The van der Waals surface area contributed by atoms with Crippen LogP contribution >= 0.6 is 0 Å². The molecule has 0 aliphatic heterocycles. The van der Waals surface area contributed by atoms with E-state index in [1.54, 1.807) is 0 Å². The molecule has 2 aromatic heterocycles. The summed E-state index contributed by atoms with van der Waals surface area (Å²) in [6.45, 7) is 0. The number of benzene rings is 2. The van der Waals surface area contributed by atoms with Gasteiger partial charge in [-0.2, -0.15) is 0 Å². The van der Waals surface area contributed by atoms with Gasteiger partial charge < -0.3 is 0 Å².